The number of aromatic nitrogens is 2. The van der Waals surface area contributed by atoms with Gasteiger partial charge in [-0.05, 0) is 19.4 Å². The van der Waals surface area contributed by atoms with Crippen LogP contribution in [0.15, 0.2) is 47.7 Å². The van der Waals surface area contributed by atoms with E-state index in [1.54, 1.807) is 31.0 Å². The van der Waals surface area contributed by atoms with Crippen LogP contribution in [0.25, 0.3) is 0 Å². The number of aryl methyl sites for hydroxylation is 1. The standard InChI is InChI=1S/C20H30N6O2.HI/c1-4-21-19(24-15-20(2,28)17-13-25-26(3)14-17)22-11-10-18(27)23-12-16-8-6-5-7-9-16;/h5-9,13-14,28H,4,10-12,15H2,1-3H3,(H,23,27)(H2,21,22,24);1H. The first-order valence-corrected chi connectivity index (χ1v) is 9.45. The van der Waals surface area contributed by atoms with E-state index < -0.39 is 5.60 Å². The van der Waals surface area contributed by atoms with Crippen LogP contribution in [-0.4, -0.2) is 46.4 Å². The molecule has 0 saturated heterocycles. The number of aliphatic imine (C=N–C) groups is 1. The maximum absolute atomic E-state index is 12.0. The number of carbonyl (C=O) groups is 1. The second-order valence-electron chi connectivity index (χ2n) is 6.81. The fraction of sp³-hybridized carbons (Fsp3) is 0.450. The van der Waals surface area contributed by atoms with Gasteiger partial charge in [0.2, 0.25) is 5.91 Å². The summed E-state index contributed by atoms with van der Waals surface area (Å²) < 4.78 is 1.64. The molecule has 29 heavy (non-hydrogen) atoms. The number of hydrogen-bond donors (Lipinski definition) is 4. The molecule has 1 heterocycles. The zero-order chi connectivity index (χ0) is 20.4. The van der Waals surface area contributed by atoms with Gasteiger partial charge in [0.1, 0.15) is 5.60 Å². The Morgan fingerprint density at radius 2 is 1.97 bits per heavy atom. The van der Waals surface area contributed by atoms with Gasteiger partial charge in [-0.15, -0.1) is 24.0 Å². The first kappa shape index (κ1) is 24.9. The van der Waals surface area contributed by atoms with Crippen LogP contribution in [0.1, 0.15) is 31.4 Å². The lowest BCUT2D eigenvalue weighted by Crippen LogP contribution is -2.40. The number of hydrogen-bond acceptors (Lipinski definition) is 4. The van der Waals surface area contributed by atoms with E-state index in [4.69, 9.17) is 0 Å². The highest BCUT2D eigenvalue weighted by atomic mass is 127. The highest BCUT2D eigenvalue weighted by Crippen LogP contribution is 2.19. The van der Waals surface area contributed by atoms with Crippen LogP contribution in [0, 0.1) is 0 Å². The summed E-state index contributed by atoms with van der Waals surface area (Å²) in [6.07, 6.45) is 3.73. The van der Waals surface area contributed by atoms with Gasteiger partial charge in [-0.1, -0.05) is 30.3 Å². The zero-order valence-electron chi connectivity index (χ0n) is 17.2. The molecule has 1 atom stereocenters. The van der Waals surface area contributed by atoms with Gasteiger partial charge in [0.25, 0.3) is 0 Å². The van der Waals surface area contributed by atoms with E-state index in [1.807, 2.05) is 37.3 Å². The van der Waals surface area contributed by atoms with Crippen molar-refractivity contribution in [1.82, 2.24) is 25.7 Å². The zero-order valence-corrected chi connectivity index (χ0v) is 19.5. The minimum absolute atomic E-state index is 0. The second kappa shape index (κ2) is 12.4. The molecule has 1 aromatic carbocycles. The van der Waals surface area contributed by atoms with Crippen LogP contribution in [0.3, 0.4) is 0 Å². The third kappa shape index (κ3) is 8.82. The highest BCUT2D eigenvalue weighted by Gasteiger charge is 2.24. The van der Waals surface area contributed by atoms with Crippen molar-refractivity contribution in [3.05, 3.63) is 53.9 Å². The van der Waals surface area contributed by atoms with Gasteiger partial charge in [0.15, 0.2) is 5.96 Å². The number of nitrogens with one attached hydrogen (secondary N) is 3. The molecule has 0 radical (unpaired) electrons. The molecule has 0 saturated carbocycles. The third-order valence-corrected chi connectivity index (χ3v) is 4.19. The molecular weight excluding hydrogens is 483 g/mol. The van der Waals surface area contributed by atoms with Gasteiger partial charge >= 0.3 is 0 Å². The molecule has 4 N–H and O–H groups in total. The maximum atomic E-state index is 12.0. The van der Waals surface area contributed by atoms with Gasteiger partial charge in [0.05, 0.1) is 12.7 Å². The van der Waals surface area contributed by atoms with E-state index in [1.165, 1.54) is 0 Å². The topological polar surface area (TPSA) is 104 Å². The van der Waals surface area contributed by atoms with Gasteiger partial charge in [-0.25, -0.2) is 4.99 Å². The first-order valence-electron chi connectivity index (χ1n) is 9.45. The first-order chi connectivity index (χ1) is 13.4. The lowest BCUT2D eigenvalue weighted by Gasteiger charge is -2.20. The Bertz CT molecular complexity index is 776. The Morgan fingerprint density at radius 1 is 1.24 bits per heavy atom. The number of carbonyl (C=O) groups excluding carboxylic acids is 1. The quantitative estimate of drug-likeness (QED) is 0.231. The molecule has 9 heteroatoms. The fourth-order valence-electron chi connectivity index (χ4n) is 2.54. The summed E-state index contributed by atoms with van der Waals surface area (Å²) >= 11 is 0. The Balaban J connectivity index is 0.00000420. The summed E-state index contributed by atoms with van der Waals surface area (Å²) in [6, 6.07) is 9.79. The van der Waals surface area contributed by atoms with Crippen LogP contribution in [0.4, 0.5) is 0 Å². The Labute approximate surface area is 189 Å². The van der Waals surface area contributed by atoms with Crippen molar-refractivity contribution in [3.8, 4) is 0 Å². The third-order valence-electron chi connectivity index (χ3n) is 4.19. The van der Waals surface area contributed by atoms with Crippen LogP contribution in [0.2, 0.25) is 0 Å². The molecule has 0 aliphatic rings. The van der Waals surface area contributed by atoms with Gasteiger partial charge < -0.3 is 21.1 Å². The van der Waals surface area contributed by atoms with Gasteiger partial charge in [-0.2, -0.15) is 5.10 Å². The van der Waals surface area contributed by atoms with Crippen molar-refractivity contribution >= 4 is 35.8 Å². The van der Waals surface area contributed by atoms with E-state index >= 15 is 0 Å². The molecule has 1 unspecified atom stereocenters. The van der Waals surface area contributed by atoms with Gasteiger partial charge in [-0.3, -0.25) is 9.48 Å². The molecule has 0 aliphatic carbocycles. The smallest absolute Gasteiger partial charge is 0.222 e. The van der Waals surface area contributed by atoms with Crippen molar-refractivity contribution < 1.29 is 9.90 Å². The molecule has 0 bridgehead atoms. The lowest BCUT2D eigenvalue weighted by atomic mass is 10.0. The van der Waals surface area contributed by atoms with Crippen molar-refractivity contribution in [2.75, 3.05) is 19.6 Å². The normalized spacial score (nSPS) is 13.2. The van der Waals surface area contributed by atoms with E-state index in [9.17, 15) is 9.90 Å². The van der Waals surface area contributed by atoms with E-state index in [-0.39, 0.29) is 36.4 Å². The van der Waals surface area contributed by atoms with Crippen molar-refractivity contribution in [2.24, 2.45) is 12.0 Å². The summed E-state index contributed by atoms with van der Waals surface area (Å²) in [4.78, 5) is 16.4. The minimum atomic E-state index is -1.12. The summed E-state index contributed by atoms with van der Waals surface area (Å²) in [5.41, 5.74) is 0.648. The largest absolute Gasteiger partial charge is 0.383 e. The number of nitrogens with zero attached hydrogens (tertiary/aromatic N) is 3. The number of guanidine groups is 1. The van der Waals surface area contributed by atoms with E-state index in [0.29, 0.717) is 37.6 Å². The van der Waals surface area contributed by atoms with E-state index in [0.717, 1.165) is 5.56 Å². The van der Waals surface area contributed by atoms with Crippen LogP contribution < -0.4 is 16.0 Å². The summed E-state index contributed by atoms with van der Waals surface area (Å²) in [7, 11) is 1.80. The molecule has 2 rings (SSSR count). The Kier molecular flexibility index (Phi) is 10.7. The van der Waals surface area contributed by atoms with Crippen molar-refractivity contribution in [3.63, 3.8) is 0 Å². The minimum Gasteiger partial charge on any atom is -0.383 e. The summed E-state index contributed by atoms with van der Waals surface area (Å²) in [6.45, 7) is 5.48. The van der Waals surface area contributed by atoms with Gasteiger partial charge in [0, 0.05) is 44.9 Å². The molecule has 1 amide bonds. The molecule has 8 nitrogen and oxygen atoms in total. The van der Waals surface area contributed by atoms with Crippen molar-refractivity contribution in [2.45, 2.75) is 32.4 Å². The monoisotopic (exact) mass is 514 g/mol. The number of aliphatic hydroxyl groups is 1. The fourth-order valence-corrected chi connectivity index (χ4v) is 2.54. The predicted molar refractivity (Wildman–Crippen MR) is 125 cm³/mol. The highest BCUT2D eigenvalue weighted by molar-refractivity contribution is 14.0. The number of benzene rings is 1. The molecular formula is C20H31IN6O2. The summed E-state index contributed by atoms with van der Waals surface area (Å²) in [5, 5.41) is 23.9. The van der Waals surface area contributed by atoms with E-state index in [2.05, 4.69) is 26.0 Å². The summed E-state index contributed by atoms with van der Waals surface area (Å²) in [5.74, 6) is 0.525. The molecule has 0 fully saturated rings. The number of halogens is 1. The molecule has 160 valence electrons. The average Bonchev–Trinajstić information content (AvgIpc) is 3.13. The molecule has 1 aromatic heterocycles. The maximum Gasteiger partial charge on any atom is 0.222 e. The van der Waals surface area contributed by atoms with Crippen LogP contribution >= 0.6 is 24.0 Å². The second-order valence-corrected chi connectivity index (χ2v) is 6.81. The lowest BCUT2D eigenvalue weighted by molar-refractivity contribution is -0.121. The predicted octanol–water partition coefficient (Wildman–Crippen LogP) is 1.51. The number of rotatable bonds is 9. The Hall–Kier alpha value is -2.14. The molecule has 2 aromatic rings. The van der Waals surface area contributed by atoms with Crippen LogP contribution in [-0.2, 0) is 24.0 Å². The molecule has 0 aliphatic heterocycles. The Morgan fingerprint density at radius 3 is 2.59 bits per heavy atom. The van der Waals surface area contributed by atoms with Crippen LogP contribution in [0.5, 0.6) is 0 Å². The number of amides is 1. The average molecular weight is 514 g/mol. The molecule has 0 spiro atoms. The van der Waals surface area contributed by atoms with Crippen molar-refractivity contribution in [1.29, 1.82) is 0 Å². The SMILES string of the molecule is CCNC(=NCC(C)(O)c1cnn(C)c1)NCCC(=O)NCc1ccccc1.I.